The molecule has 0 saturated carbocycles. The molecule has 1 amide bonds. The van der Waals surface area contributed by atoms with E-state index in [4.69, 9.17) is 16.3 Å². The van der Waals surface area contributed by atoms with E-state index in [2.05, 4.69) is 5.32 Å². The highest BCUT2D eigenvalue weighted by atomic mass is 35.5. The summed E-state index contributed by atoms with van der Waals surface area (Å²) in [5.41, 5.74) is 1.62. The number of anilines is 1. The van der Waals surface area contributed by atoms with Gasteiger partial charge < -0.3 is 10.1 Å². The maximum Gasteiger partial charge on any atom is 0.323 e. The molecule has 1 aromatic rings. The molecule has 1 heterocycles. The second kappa shape index (κ2) is 6.91. The number of rotatable bonds is 4. The third-order valence-electron chi connectivity index (χ3n) is 3.64. The minimum Gasteiger partial charge on any atom is -0.468 e. The number of esters is 1. The first-order valence-corrected chi connectivity index (χ1v) is 7.27. The summed E-state index contributed by atoms with van der Waals surface area (Å²) in [5, 5.41) is 3.41. The summed E-state index contributed by atoms with van der Waals surface area (Å²) in [6, 6.07) is 5.06. The summed E-state index contributed by atoms with van der Waals surface area (Å²) in [6.45, 7) is 2.80. The fourth-order valence-electron chi connectivity index (χ4n) is 2.47. The molecule has 1 aliphatic rings. The van der Waals surface area contributed by atoms with Crippen molar-refractivity contribution < 1.29 is 14.3 Å². The number of likely N-dealkylation sites (tertiary alicyclic amines) is 1. The SMILES string of the molecule is COC(=O)C1CCCN1CC(=O)Nc1ccc(C)c(Cl)c1. The smallest absolute Gasteiger partial charge is 0.323 e. The van der Waals surface area contributed by atoms with Crippen molar-refractivity contribution in [2.45, 2.75) is 25.8 Å². The number of nitrogens with one attached hydrogen (secondary N) is 1. The van der Waals surface area contributed by atoms with Crippen LogP contribution in [0.3, 0.4) is 0 Å². The van der Waals surface area contributed by atoms with Crippen LogP contribution >= 0.6 is 11.6 Å². The molecule has 0 radical (unpaired) electrons. The molecule has 1 aliphatic heterocycles. The van der Waals surface area contributed by atoms with E-state index >= 15 is 0 Å². The summed E-state index contributed by atoms with van der Waals surface area (Å²) in [6.07, 6.45) is 1.62. The summed E-state index contributed by atoms with van der Waals surface area (Å²) in [4.78, 5) is 25.6. The molecule has 0 aromatic heterocycles. The highest BCUT2D eigenvalue weighted by molar-refractivity contribution is 6.31. The lowest BCUT2D eigenvalue weighted by Crippen LogP contribution is -2.41. The van der Waals surface area contributed by atoms with Gasteiger partial charge in [-0.2, -0.15) is 0 Å². The number of carbonyl (C=O) groups is 2. The van der Waals surface area contributed by atoms with E-state index in [9.17, 15) is 9.59 Å². The van der Waals surface area contributed by atoms with Crippen molar-refractivity contribution in [3.63, 3.8) is 0 Å². The zero-order valence-corrected chi connectivity index (χ0v) is 12.9. The Morgan fingerprint density at radius 2 is 2.24 bits per heavy atom. The van der Waals surface area contributed by atoms with Gasteiger partial charge in [-0.25, -0.2) is 0 Å². The van der Waals surface area contributed by atoms with Crippen LogP contribution in [0, 0.1) is 6.92 Å². The molecule has 114 valence electrons. The molecule has 1 saturated heterocycles. The number of methoxy groups -OCH3 is 1. The normalized spacial score (nSPS) is 18.5. The molecular formula is C15H19ClN2O3. The van der Waals surface area contributed by atoms with Crippen LogP contribution in [-0.4, -0.2) is 43.0 Å². The first kappa shape index (κ1) is 15.8. The highest BCUT2D eigenvalue weighted by Gasteiger charge is 2.32. The van der Waals surface area contributed by atoms with Gasteiger partial charge in [-0.3, -0.25) is 14.5 Å². The van der Waals surface area contributed by atoms with Crippen LogP contribution in [-0.2, 0) is 14.3 Å². The van der Waals surface area contributed by atoms with Crippen molar-refractivity contribution >= 4 is 29.2 Å². The third kappa shape index (κ3) is 3.95. The van der Waals surface area contributed by atoms with Crippen molar-refractivity contribution in [2.24, 2.45) is 0 Å². The fourth-order valence-corrected chi connectivity index (χ4v) is 2.65. The lowest BCUT2D eigenvalue weighted by molar-refractivity contribution is -0.146. The van der Waals surface area contributed by atoms with E-state index in [1.165, 1.54) is 7.11 Å². The fraction of sp³-hybridized carbons (Fsp3) is 0.467. The van der Waals surface area contributed by atoms with Gasteiger partial charge in [-0.1, -0.05) is 17.7 Å². The van der Waals surface area contributed by atoms with Gasteiger partial charge in [-0.05, 0) is 44.0 Å². The molecule has 21 heavy (non-hydrogen) atoms. The van der Waals surface area contributed by atoms with Gasteiger partial charge in [0.15, 0.2) is 0 Å². The first-order valence-electron chi connectivity index (χ1n) is 6.89. The van der Waals surface area contributed by atoms with Gasteiger partial charge in [-0.15, -0.1) is 0 Å². The molecule has 0 bridgehead atoms. The Morgan fingerprint density at radius 1 is 1.48 bits per heavy atom. The van der Waals surface area contributed by atoms with Crippen molar-refractivity contribution in [1.82, 2.24) is 4.90 Å². The monoisotopic (exact) mass is 310 g/mol. The van der Waals surface area contributed by atoms with Crippen molar-refractivity contribution in [3.8, 4) is 0 Å². The Hall–Kier alpha value is -1.59. The summed E-state index contributed by atoms with van der Waals surface area (Å²) in [5.74, 6) is -0.440. The number of nitrogens with zero attached hydrogens (tertiary/aromatic N) is 1. The first-order chi connectivity index (χ1) is 10.0. The Bertz CT molecular complexity index is 548. The van der Waals surface area contributed by atoms with Gasteiger partial charge in [0.05, 0.1) is 13.7 Å². The van der Waals surface area contributed by atoms with Crippen molar-refractivity contribution in [3.05, 3.63) is 28.8 Å². The van der Waals surface area contributed by atoms with E-state index in [0.29, 0.717) is 10.7 Å². The van der Waals surface area contributed by atoms with Gasteiger partial charge >= 0.3 is 5.97 Å². The molecular weight excluding hydrogens is 292 g/mol. The number of carbonyl (C=O) groups excluding carboxylic acids is 2. The van der Waals surface area contributed by atoms with Crippen molar-refractivity contribution in [2.75, 3.05) is 25.5 Å². The third-order valence-corrected chi connectivity index (χ3v) is 4.05. The number of ether oxygens (including phenoxy) is 1. The van der Waals surface area contributed by atoms with Gasteiger partial charge in [0.2, 0.25) is 5.91 Å². The predicted octanol–water partition coefficient (Wildman–Crippen LogP) is 2.22. The number of hydrogen-bond donors (Lipinski definition) is 1. The van der Waals surface area contributed by atoms with Crippen LogP contribution in [0.5, 0.6) is 0 Å². The van der Waals surface area contributed by atoms with E-state index in [0.717, 1.165) is 24.9 Å². The molecule has 0 spiro atoms. The second-order valence-corrected chi connectivity index (χ2v) is 5.57. The number of hydrogen-bond acceptors (Lipinski definition) is 4. The van der Waals surface area contributed by atoms with Gasteiger partial charge in [0.25, 0.3) is 0 Å². The van der Waals surface area contributed by atoms with Gasteiger partial charge in [0, 0.05) is 10.7 Å². The van der Waals surface area contributed by atoms with Crippen LogP contribution in [0.25, 0.3) is 0 Å². The van der Waals surface area contributed by atoms with E-state index < -0.39 is 0 Å². The average Bonchev–Trinajstić information content (AvgIpc) is 2.90. The molecule has 0 aliphatic carbocycles. The molecule has 1 N–H and O–H groups in total. The Labute approximate surface area is 129 Å². The minimum atomic E-state index is -0.317. The van der Waals surface area contributed by atoms with E-state index in [1.54, 1.807) is 12.1 Å². The largest absolute Gasteiger partial charge is 0.468 e. The number of amides is 1. The zero-order chi connectivity index (χ0) is 15.4. The summed E-state index contributed by atoms with van der Waals surface area (Å²) in [7, 11) is 1.37. The topological polar surface area (TPSA) is 58.6 Å². The number of benzene rings is 1. The standard InChI is InChI=1S/C15H19ClN2O3/c1-10-5-6-11(8-12(10)16)17-14(19)9-18-7-3-4-13(18)15(20)21-2/h5-6,8,13H,3-4,7,9H2,1-2H3,(H,17,19). The number of aryl methyl sites for hydroxylation is 1. The molecule has 1 unspecified atom stereocenters. The number of halogens is 1. The maximum atomic E-state index is 12.1. The second-order valence-electron chi connectivity index (χ2n) is 5.16. The highest BCUT2D eigenvalue weighted by Crippen LogP contribution is 2.21. The van der Waals surface area contributed by atoms with E-state index in [1.807, 2.05) is 17.9 Å². The van der Waals surface area contributed by atoms with Gasteiger partial charge in [0.1, 0.15) is 6.04 Å². The molecule has 5 nitrogen and oxygen atoms in total. The lowest BCUT2D eigenvalue weighted by atomic mass is 10.2. The molecule has 1 atom stereocenters. The maximum absolute atomic E-state index is 12.1. The van der Waals surface area contributed by atoms with Crippen LogP contribution < -0.4 is 5.32 Å². The molecule has 6 heteroatoms. The van der Waals surface area contributed by atoms with E-state index in [-0.39, 0.29) is 24.5 Å². The minimum absolute atomic E-state index is 0.161. The summed E-state index contributed by atoms with van der Waals surface area (Å²) >= 11 is 6.03. The lowest BCUT2D eigenvalue weighted by Gasteiger charge is -2.21. The zero-order valence-electron chi connectivity index (χ0n) is 12.2. The molecule has 1 aromatic carbocycles. The average molecular weight is 311 g/mol. The summed E-state index contributed by atoms with van der Waals surface area (Å²) < 4.78 is 4.76. The Balaban J connectivity index is 1.95. The van der Waals surface area contributed by atoms with Crippen LogP contribution in [0.1, 0.15) is 18.4 Å². The molecule has 1 fully saturated rings. The van der Waals surface area contributed by atoms with Crippen LogP contribution in [0.4, 0.5) is 5.69 Å². The van der Waals surface area contributed by atoms with Crippen molar-refractivity contribution in [1.29, 1.82) is 0 Å². The Kier molecular flexibility index (Phi) is 5.20. The van der Waals surface area contributed by atoms with Crippen LogP contribution in [0.2, 0.25) is 5.02 Å². The van der Waals surface area contributed by atoms with Crippen LogP contribution in [0.15, 0.2) is 18.2 Å². The predicted molar refractivity (Wildman–Crippen MR) is 81.4 cm³/mol. The quantitative estimate of drug-likeness (QED) is 0.866. The Morgan fingerprint density at radius 3 is 2.90 bits per heavy atom. The molecule has 2 rings (SSSR count).